The van der Waals surface area contributed by atoms with Gasteiger partial charge in [-0.15, -0.1) is 12.3 Å². The minimum absolute atomic E-state index is 0.289. The van der Waals surface area contributed by atoms with Crippen LogP contribution in [0, 0.1) is 12.3 Å². The van der Waals surface area contributed by atoms with Gasteiger partial charge in [-0.2, -0.15) is 0 Å². The average molecular weight is 216 g/mol. The fraction of sp³-hybridized carbons (Fsp3) is 0.500. The second-order valence-corrected chi connectivity index (χ2v) is 3.75. The van der Waals surface area contributed by atoms with E-state index in [1.807, 2.05) is 12.3 Å². The molecule has 0 aromatic carbocycles. The maximum Gasteiger partial charge on any atom is 0.0605 e. The Hall–Kier alpha value is -1.33. The first-order valence-electron chi connectivity index (χ1n) is 5.94. The van der Waals surface area contributed by atoms with Crippen LogP contribution >= 0.6 is 0 Å². The van der Waals surface area contributed by atoms with Crippen molar-refractivity contribution in [1.82, 2.24) is 10.3 Å². The Bertz CT molecular complexity index is 352. The molecule has 1 aromatic rings. The second-order valence-electron chi connectivity index (χ2n) is 3.75. The maximum absolute atomic E-state index is 5.32. The molecular weight excluding hydrogens is 196 g/mol. The molecule has 2 nitrogen and oxygen atoms in total. The van der Waals surface area contributed by atoms with E-state index in [-0.39, 0.29) is 6.04 Å². The summed E-state index contributed by atoms with van der Waals surface area (Å²) in [6, 6.07) is 4.42. The van der Waals surface area contributed by atoms with Crippen molar-refractivity contribution in [3.05, 3.63) is 29.6 Å². The molecule has 0 radical (unpaired) electrons. The van der Waals surface area contributed by atoms with E-state index < -0.39 is 0 Å². The molecule has 0 spiro atoms. The molecule has 0 bridgehead atoms. The Labute approximate surface area is 98.5 Å². The molecule has 0 saturated carbocycles. The second kappa shape index (κ2) is 7.03. The molecule has 0 aliphatic carbocycles. The lowest BCUT2D eigenvalue weighted by Gasteiger charge is -2.18. The number of terminal acetylenes is 1. The van der Waals surface area contributed by atoms with E-state index in [4.69, 9.17) is 6.42 Å². The highest BCUT2D eigenvalue weighted by Crippen LogP contribution is 2.20. The molecule has 2 heteroatoms. The van der Waals surface area contributed by atoms with Gasteiger partial charge in [-0.25, -0.2) is 0 Å². The molecule has 16 heavy (non-hydrogen) atoms. The zero-order valence-electron chi connectivity index (χ0n) is 10.2. The van der Waals surface area contributed by atoms with Crippen molar-refractivity contribution in [2.45, 2.75) is 39.2 Å². The zero-order valence-corrected chi connectivity index (χ0v) is 10.2. The largest absolute Gasteiger partial charge is 0.309 e. The number of hydrogen-bond acceptors (Lipinski definition) is 2. The molecular formula is C14H20N2. The number of rotatable bonds is 6. The number of hydrogen-bond donors (Lipinski definition) is 1. The summed E-state index contributed by atoms with van der Waals surface area (Å²) in [7, 11) is 0. The van der Waals surface area contributed by atoms with Crippen LogP contribution in [0.25, 0.3) is 0 Å². The third-order valence-corrected chi connectivity index (χ3v) is 2.66. The van der Waals surface area contributed by atoms with Gasteiger partial charge in [0.15, 0.2) is 0 Å². The molecule has 1 N–H and O–H groups in total. The Kier molecular flexibility index (Phi) is 5.60. The molecule has 0 saturated heterocycles. The number of nitrogens with zero attached hydrogens (tertiary/aromatic N) is 1. The highest BCUT2D eigenvalue weighted by Gasteiger charge is 2.13. The lowest BCUT2D eigenvalue weighted by molar-refractivity contribution is 0.506. The van der Waals surface area contributed by atoms with E-state index in [9.17, 15) is 0 Å². The monoisotopic (exact) mass is 216 g/mol. The zero-order chi connectivity index (χ0) is 11.8. The first kappa shape index (κ1) is 12.7. The van der Waals surface area contributed by atoms with Crippen molar-refractivity contribution in [3.63, 3.8) is 0 Å². The topological polar surface area (TPSA) is 24.9 Å². The third-order valence-electron chi connectivity index (χ3n) is 2.66. The van der Waals surface area contributed by atoms with Crippen LogP contribution in [0.4, 0.5) is 0 Å². The quantitative estimate of drug-likeness (QED) is 0.740. The van der Waals surface area contributed by atoms with Gasteiger partial charge in [0.1, 0.15) is 0 Å². The van der Waals surface area contributed by atoms with Gasteiger partial charge in [-0.3, -0.25) is 4.98 Å². The van der Waals surface area contributed by atoms with E-state index in [0.29, 0.717) is 0 Å². The average Bonchev–Trinajstić information content (AvgIpc) is 2.34. The molecule has 1 unspecified atom stereocenters. The third kappa shape index (κ3) is 3.36. The van der Waals surface area contributed by atoms with Crippen molar-refractivity contribution in [1.29, 1.82) is 0 Å². The van der Waals surface area contributed by atoms with E-state index in [1.54, 1.807) is 0 Å². The van der Waals surface area contributed by atoms with Gasteiger partial charge in [-0.05, 0) is 31.0 Å². The number of aryl methyl sites for hydroxylation is 1. The van der Waals surface area contributed by atoms with Gasteiger partial charge in [0.25, 0.3) is 0 Å². The van der Waals surface area contributed by atoms with Crippen LogP contribution in [-0.4, -0.2) is 11.5 Å². The van der Waals surface area contributed by atoms with Crippen molar-refractivity contribution in [3.8, 4) is 12.3 Å². The predicted octanol–water partition coefficient (Wildman–Crippen LogP) is 2.71. The van der Waals surface area contributed by atoms with Crippen LogP contribution in [0.15, 0.2) is 18.3 Å². The Balaban J connectivity index is 2.86. The standard InChI is InChI=1S/C14H20N2/c1-4-7-10-13(15-6-3)14-12(5-2)9-8-11-16-14/h1,8-9,11,13,15H,5-7,10H2,2-3H3. The van der Waals surface area contributed by atoms with E-state index >= 15 is 0 Å². The van der Waals surface area contributed by atoms with Crippen molar-refractivity contribution < 1.29 is 0 Å². The molecule has 0 aliphatic rings. The highest BCUT2D eigenvalue weighted by molar-refractivity contribution is 5.23. The smallest absolute Gasteiger partial charge is 0.0605 e. The van der Waals surface area contributed by atoms with E-state index in [1.165, 1.54) is 5.56 Å². The van der Waals surface area contributed by atoms with Gasteiger partial charge < -0.3 is 5.32 Å². The number of pyridine rings is 1. The van der Waals surface area contributed by atoms with Crippen LogP contribution in [0.3, 0.4) is 0 Å². The Morgan fingerprint density at radius 1 is 1.50 bits per heavy atom. The normalized spacial score (nSPS) is 12.1. The van der Waals surface area contributed by atoms with Gasteiger partial charge >= 0.3 is 0 Å². The number of nitrogens with one attached hydrogen (secondary N) is 1. The summed E-state index contributed by atoms with van der Waals surface area (Å²) in [5, 5.41) is 3.45. The first-order valence-corrected chi connectivity index (χ1v) is 5.94. The first-order chi connectivity index (χ1) is 7.83. The molecule has 1 heterocycles. The summed E-state index contributed by atoms with van der Waals surface area (Å²) in [6.07, 6.45) is 9.94. The fourth-order valence-electron chi connectivity index (χ4n) is 1.87. The maximum atomic E-state index is 5.32. The molecule has 1 aromatic heterocycles. The van der Waals surface area contributed by atoms with E-state index in [0.717, 1.165) is 31.5 Å². The summed E-state index contributed by atoms with van der Waals surface area (Å²) in [6.45, 7) is 5.21. The SMILES string of the molecule is C#CCCC(NCC)c1ncccc1CC. The molecule has 1 atom stereocenters. The van der Waals surface area contributed by atoms with Crippen LogP contribution in [0.5, 0.6) is 0 Å². The minimum Gasteiger partial charge on any atom is -0.309 e. The van der Waals surface area contributed by atoms with Gasteiger partial charge in [0.05, 0.1) is 11.7 Å². The number of aromatic nitrogens is 1. The van der Waals surface area contributed by atoms with Crippen molar-refractivity contribution in [2.75, 3.05) is 6.54 Å². The summed E-state index contributed by atoms with van der Waals surface area (Å²) in [5.41, 5.74) is 2.47. The van der Waals surface area contributed by atoms with Gasteiger partial charge in [0.2, 0.25) is 0 Å². The predicted molar refractivity (Wildman–Crippen MR) is 68.1 cm³/mol. The van der Waals surface area contributed by atoms with Gasteiger partial charge in [-0.1, -0.05) is 19.9 Å². The van der Waals surface area contributed by atoms with Crippen molar-refractivity contribution in [2.24, 2.45) is 0 Å². The van der Waals surface area contributed by atoms with Crippen LogP contribution in [0.1, 0.15) is 44.0 Å². The summed E-state index contributed by atoms with van der Waals surface area (Å²) < 4.78 is 0. The molecule has 0 fully saturated rings. The van der Waals surface area contributed by atoms with Gasteiger partial charge in [0, 0.05) is 12.6 Å². The Morgan fingerprint density at radius 3 is 2.94 bits per heavy atom. The lowest BCUT2D eigenvalue weighted by atomic mass is 10.0. The fourth-order valence-corrected chi connectivity index (χ4v) is 1.87. The molecule has 0 amide bonds. The summed E-state index contributed by atoms with van der Waals surface area (Å²) in [4.78, 5) is 4.49. The van der Waals surface area contributed by atoms with Crippen LogP contribution in [0.2, 0.25) is 0 Å². The summed E-state index contributed by atoms with van der Waals surface area (Å²) >= 11 is 0. The molecule has 0 aliphatic heterocycles. The van der Waals surface area contributed by atoms with Crippen LogP contribution in [-0.2, 0) is 6.42 Å². The van der Waals surface area contributed by atoms with E-state index in [2.05, 4.69) is 36.1 Å². The van der Waals surface area contributed by atoms with Crippen LogP contribution < -0.4 is 5.32 Å². The minimum atomic E-state index is 0.289. The molecule has 86 valence electrons. The lowest BCUT2D eigenvalue weighted by Crippen LogP contribution is -2.23. The Morgan fingerprint density at radius 2 is 2.31 bits per heavy atom. The van der Waals surface area contributed by atoms with Crippen molar-refractivity contribution >= 4 is 0 Å². The molecule has 1 rings (SSSR count). The highest BCUT2D eigenvalue weighted by atomic mass is 14.9. The summed E-state index contributed by atoms with van der Waals surface area (Å²) in [5.74, 6) is 2.70.